The van der Waals surface area contributed by atoms with Crippen molar-refractivity contribution in [2.24, 2.45) is 17.6 Å². The highest BCUT2D eigenvalue weighted by Gasteiger charge is 2.23. The van der Waals surface area contributed by atoms with Crippen LogP contribution < -0.4 is 21.1 Å². The minimum absolute atomic E-state index is 0.321. The van der Waals surface area contributed by atoms with Crippen LogP contribution >= 0.6 is 0 Å². The van der Waals surface area contributed by atoms with E-state index in [1.165, 1.54) is 0 Å². The molecule has 1 saturated carbocycles. The molecule has 1 fully saturated rings. The zero-order chi connectivity index (χ0) is 24.5. The topological polar surface area (TPSA) is 122 Å². The number of nitrogens with zero attached hydrogens (tertiary/aromatic N) is 2. The molecule has 0 atom stereocenters. The van der Waals surface area contributed by atoms with Crippen LogP contribution in [0.1, 0.15) is 38.5 Å². The van der Waals surface area contributed by atoms with Gasteiger partial charge in [0.15, 0.2) is 0 Å². The molecule has 4 rings (SSSR count). The molecular formula is C26H36N6O2S. The van der Waals surface area contributed by atoms with Crippen molar-refractivity contribution >= 4 is 32.7 Å². The minimum atomic E-state index is -3.44. The molecule has 0 saturated heterocycles. The molecule has 2 aromatic carbocycles. The number of nitrogens with one attached hydrogen (secondary N) is 3. The molecule has 3 aromatic rings. The van der Waals surface area contributed by atoms with Crippen LogP contribution in [0.25, 0.3) is 10.9 Å². The van der Waals surface area contributed by atoms with Crippen molar-refractivity contribution in [3.8, 4) is 0 Å². The first kappa shape index (κ1) is 25.3. The fourth-order valence-corrected chi connectivity index (χ4v) is 5.69. The van der Waals surface area contributed by atoms with Gasteiger partial charge < -0.3 is 16.4 Å². The fraction of sp³-hybridized carbons (Fsp3) is 0.462. The number of sulfonamides is 1. The normalized spacial score (nSPS) is 18.4. The summed E-state index contributed by atoms with van der Waals surface area (Å²) in [5.74, 6) is 2.38. The molecule has 0 amide bonds. The Balaban J connectivity index is 1.27. The first-order valence-electron chi connectivity index (χ1n) is 12.5. The smallest absolute Gasteiger partial charge is 0.240 e. The summed E-state index contributed by atoms with van der Waals surface area (Å²) in [5.41, 5.74) is 6.53. The van der Waals surface area contributed by atoms with E-state index in [-0.39, 0.29) is 0 Å². The lowest BCUT2D eigenvalue weighted by atomic mass is 9.82. The lowest BCUT2D eigenvalue weighted by molar-refractivity contribution is 0.284. The lowest BCUT2D eigenvalue weighted by Crippen LogP contribution is -2.32. The number of rotatable bonds is 12. The van der Waals surface area contributed by atoms with E-state index in [0.29, 0.717) is 35.8 Å². The van der Waals surface area contributed by atoms with Gasteiger partial charge in [0.25, 0.3) is 0 Å². The summed E-state index contributed by atoms with van der Waals surface area (Å²) in [6.07, 6.45) is 6.12. The van der Waals surface area contributed by atoms with E-state index < -0.39 is 10.0 Å². The van der Waals surface area contributed by atoms with Gasteiger partial charge in [-0.1, -0.05) is 30.3 Å². The molecular weight excluding hydrogens is 460 g/mol. The van der Waals surface area contributed by atoms with Crippen LogP contribution in [-0.4, -0.2) is 44.6 Å². The SMILES string of the molecule is NCCCCNc1nc(NCC2CCC(CNS(=O)(=O)c3ccccc3)CC2)nc2ccccc12. The average molecular weight is 497 g/mol. The molecule has 1 aliphatic carbocycles. The van der Waals surface area contributed by atoms with Gasteiger partial charge in [-0.2, -0.15) is 4.98 Å². The van der Waals surface area contributed by atoms with Gasteiger partial charge in [-0.3, -0.25) is 0 Å². The number of hydrogen-bond donors (Lipinski definition) is 4. The molecule has 1 aromatic heterocycles. The summed E-state index contributed by atoms with van der Waals surface area (Å²) in [6.45, 7) is 2.83. The number of unbranched alkanes of at least 4 members (excludes halogenated alkanes) is 1. The Bertz CT molecular complexity index is 1180. The molecule has 8 nitrogen and oxygen atoms in total. The Morgan fingerprint density at radius 3 is 2.26 bits per heavy atom. The average Bonchev–Trinajstić information content (AvgIpc) is 2.90. The number of hydrogen-bond acceptors (Lipinski definition) is 7. The highest BCUT2D eigenvalue weighted by atomic mass is 32.2. The van der Waals surface area contributed by atoms with Crippen LogP contribution in [0.15, 0.2) is 59.5 Å². The highest BCUT2D eigenvalue weighted by molar-refractivity contribution is 7.89. The summed E-state index contributed by atoms with van der Waals surface area (Å²) in [7, 11) is -3.44. The van der Waals surface area contributed by atoms with Crippen molar-refractivity contribution in [3.63, 3.8) is 0 Å². The van der Waals surface area contributed by atoms with Crippen LogP contribution in [0.4, 0.5) is 11.8 Å². The molecule has 5 N–H and O–H groups in total. The third-order valence-electron chi connectivity index (χ3n) is 6.66. The van der Waals surface area contributed by atoms with Crippen molar-refractivity contribution in [1.82, 2.24) is 14.7 Å². The third kappa shape index (κ3) is 7.13. The molecule has 0 radical (unpaired) electrons. The number of para-hydroxylation sites is 1. The number of anilines is 2. The predicted molar refractivity (Wildman–Crippen MR) is 142 cm³/mol. The van der Waals surface area contributed by atoms with Crippen molar-refractivity contribution in [3.05, 3.63) is 54.6 Å². The van der Waals surface area contributed by atoms with Crippen LogP contribution in [-0.2, 0) is 10.0 Å². The number of aromatic nitrogens is 2. The summed E-state index contributed by atoms with van der Waals surface area (Å²) < 4.78 is 27.7. The van der Waals surface area contributed by atoms with Crippen LogP contribution in [0.3, 0.4) is 0 Å². The van der Waals surface area contributed by atoms with E-state index in [1.807, 2.05) is 30.3 Å². The molecule has 35 heavy (non-hydrogen) atoms. The molecule has 0 spiro atoms. The van der Waals surface area contributed by atoms with Crippen LogP contribution in [0.5, 0.6) is 0 Å². The standard InChI is InChI=1S/C26H36N6O2S/c27-16-6-7-17-28-25-23-10-4-5-11-24(23)31-26(32-25)29-18-20-12-14-21(15-13-20)19-30-35(33,34)22-8-2-1-3-9-22/h1-5,8-11,20-21,30H,6-7,12-19,27H2,(H2,28,29,31,32). The number of nitrogens with two attached hydrogens (primary N) is 1. The monoisotopic (exact) mass is 496 g/mol. The zero-order valence-corrected chi connectivity index (χ0v) is 20.9. The van der Waals surface area contributed by atoms with Gasteiger partial charge in [-0.05, 0) is 81.2 Å². The summed E-state index contributed by atoms with van der Waals surface area (Å²) in [6, 6.07) is 16.6. The predicted octanol–water partition coefficient (Wildman–Crippen LogP) is 3.98. The van der Waals surface area contributed by atoms with Crippen molar-refractivity contribution in [2.45, 2.75) is 43.4 Å². The van der Waals surface area contributed by atoms with Gasteiger partial charge in [0.05, 0.1) is 10.4 Å². The second kappa shape index (κ2) is 12.3. The molecule has 0 aliphatic heterocycles. The van der Waals surface area contributed by atoms with E-state index in [2.05, 4.69) is 15.4 Å². The quantitative estimate of drug-likeness (QED) is 0.280. The highest BCUT2D eigenvalue weighted by Crippen LogP contribution is 2.29. The largest absolute Gasteiger partial charge is 0.369 e. The third-order valence-corrected chi connectivity index (χ3v) is 8.10. The second-order valence-electron chi connectivity index (χ2n) is 9.27. The Morgan fingerprint density at radius 1 is 0.829 bits per heavy atom. The minimum Gasteiger partial charge on any atom is -0.369 e. The Hall–Kier alpha value is -2.75. The maximum absolute atomic E-state index is 12.5. The zero-order valence-electron chi connectivity index (χ0n) is 20.1. The second-order valence-corrected chi connectivity index (χ2v) is 11.0. The lowest BCUT2D eigenvalue weighted by Gasteiger charge is -2.28. The van der Waals surface area contributed by atoms with Gasteiger partial charge in [0, 0.05) is 25.0 Å². The van der Waals surface area contributed by atoms with Crippen molar-refractivity contribution in [2.75, 3.05) is 36.8 Å². The Kier molecular flexibility index (Phi) is 8.90. The first-order chi connectivity index (χ1) is 17.0. The first-order valence-corrected chi connectivity index (χ1v) is 14.0. The van der Waals surface area contributed by atoms with Gasteiger partial charge in [0.1, 0.15) is 5.82 Å². The van der Waals surface area contributed by atoms with Crippen molar-refractivity contribution < 1.29 is 8.42 Å². The number of fused-ring (bicyclic) bond motifs is 1. The summed E-state index contributed by atoms with van der Waals surface area (Å²) in [4.78, 5) is 9.77. The molecule has 9 heteroatoms. The molecule has 1 heterocycles. The Morgan fingerprint density at radius 2 is 1.51 bits per heavy atom. The summed E-state index contributed by atoms with van der Waals surface area (Å²) in [5, 5.41) is 7.91. The van der Waals surface area contributed by atoms with E-state index in [9.17, 15) is 8.42 Å². The van der Waals surface area contributed by atoms with Crippen molar-refractivity contribution in [1.29, 1.82) is 0 Å². The maximum atomic E-state index is 12.5. The van der Waals surface area contributed by atoms with Gasteiger partial charge in [0.2, 0.25) is 16.0 Å². The summed E-state index contributed by atoms with van der Waals surface area (Å²) >= 11 is 0. The van der Waals surface area contributed by atoms with E-state index in [0.717, 1.165) is 68.3 Å². The van der Waals surface area contributed by atoms with Crippen LogP contribution in [0, 0.1) is 11.8 Å². The molecule has 188 valence electrons. The van der Waals surface area contributed by atoms with Gasteiger partial charge in [-0.25, -0.2) is 18.1 Å². The van der Waals surface area contributed by atoms with E-state index in [1.54, 1.807) is 24.3 Å². The molecule has 0 unspecified atom stereocenters. The van der Waals surface area contributed by atoms with E-state index >= 15 is 0 Å². The van der Waals surface area contributed by atoms with Gasteiger partial charge in [-0.15, -0.1) is 0 Å². The number of benzene rings is 2. The van der Waals surface area contributed by atoms with Gasteiger partial charge >= 0.3 is 0 Å². The van der Waals surface area contributed by atoms with E-state index in [4.69, 9.17) is 15.7 Å². The maximum Gasteiger partial charge on any atom is 0.240 e. The molecule has 0 bridgehead atoms. The van der Waals surface area contributed by atoms with Crippen LogP contribution in [0.2, 0.25) is 0 Å². The molecule has 1 aliphatic rings. The Labute approximate surface area is 208 Å². The fourth-order valence-electron chi connectivity index (χ4n) is 4.55.